The highest BCUT2D eigenvalue weighted by Crippen LogP contribution is 2.15. The van der Waals surface area contributed by atoms with Gasteiger partial charge in [-0.25, -0.2) is 4.39 Å². The molecule has 2 N–H and O–H groups in total. The van der Waals surface area contributed by atoms with Gasteiger partial charge in [0, 0.05) is 32.4 Å². The molecule has 90 valence electrons. The molecular weight excluding hydrogens is 207 g/mol. The van der Waals surface area contributed by atoms with Crippen molar-refractivity contribution in [2.45, 2.75) is 13.0 Å². The van der Waals surface area contributed by atoms with Gasteiger partial charge in [0.25, 0.3) is 0 Å². The summed E-state index contributed by atoms with van der Waals surface area (Å²) >= 11 is 0. The minimum atomic E-state index is -0.305. The monoisotopic (exact) mass is 226 g/mol. The topological polar surface area (TPSA) is 38.5 Å². The third kappa shape index (κ3) is 3.79. The third-order valence-electron chi connectivity index (χ3n) is 2.44. The number of hydrogen-bond donors (Lipinski definition) is 1. The second kappa shape index (κ2) is 6.45. The lowest BCUT2D eigenvalue weighted by Crippen LogP contribution is -2.21. The Kier molecular flexibility index (Phi) is 5.22. The number of halogens is 1. The molecule has 0 unspecified atom stereocenters. The number of methoxy groups -OCH3 is 1. The SMILES string of the molecule is COCCCN(C)Cc1cccc(N)c1F. The molecule has 16 heavy (non-hydrogen) atoms. The van der Waals surface area contributed by atoms with E-state index in [1.165, 1.54) is 0 Å². The van der Waals surface area contributed by atoms with E-state index in [4.69, 9.17) is 10.5 Å². The first-order valence-corrected chi connectivity index (χ1v) is 5.35. The molecule has 0 saturated heterocycles. The van der Waals surface area contributed by atoms with E-state index in [2.05, 4.69) is 4.90 Å². The van der Waals surface area contributed by atoms with Crippen LogP contribution in [-0.4, -0.2) is 32.2 Å². The first kappa shape index (κ1) is 12.9. The Bertz CT molecular complexity index is 331. The summed E-state index contributed by atoms with van der Waals surface area (Å²) in [6.07, 6.45) is 0.941. The Morgan fingerprint density at radius 3 is 2.88 bits per heavy atom. The minimum Gasteiger partial charge on any atom is -0.396 e. The number of nitrogens with zero attached hydrogens (tertiary/aromatic N) is 1. The van der Waals surface area contributed by atoms with Gasteiger partial charge >= 0.3 is 0 Å². The van der Waals surface area contributed by atoms with Gasteiger partial charge in [-0.2, -0.15) is 0 Å². The van der Waals surface area contributed by atoms with Gasteiger partial charge in [-0.1, -0.05) is 12.1 Å². The Morgan fingerprint density at radius 1 is 1.44 bits per heavy atom. The Balaban J connectivity index is 2.49. The zero-order valence-electron chi connectivity index (χ0n) is 9.87. The van der Waals surface area contributed by atoms with Gasteiger partial charge in [0.2, 0.25) is 0 Å². The summed E-state index contributed by atoms with van der Waals surface area (Å²) in [5.41, 5.74) is 6.35. The van der Waals surface area contributed by atoms with Crippen LogP contribution in [0.25, 0.3) is 0 Å². The Morgan fingerprint density at radius 2 is 2.19 bits per heavy atom. The maximum atomic E-state index is 13.6. The van der Waals surface area contributed by atoms with Crippen molar-refractivity contribution >= 4 is 5.69 Å². The minimum absolute atomic E-state index is 0.211. The smallest absolute Gasteiger partial charge is 0.150 e. The summed E-state index contributed by atoms with van der Waals surface area (Å²) in [6, 6.07) is 5.11. The molecule has 0 heterocycles. The van der Waals surface area contributed by atoms with Crippen molar-refractivity contribution < 1.29 is 9.13 Å². The lowest BCUT2D eigenvalue weighted by atomic mass is 10.1. The van der Waals surface area contributed by atoms with E-state index in [1.54, 1.807) is 25.3 Å². The number of nitrogens with two attached hydrogens (primary N) is 1. The summed E-state index contributed by atoms with van der Waals surface area (Å²) in [6.45, 7) is 2.17. The Hall–Kier alpha value is -1.13. The van der Waals surface area contributed by atoms with Crippen LogP contribution in [-0.2, 0) is 11.3 Å². The molecule has 3 nitrogen and oxygen atoms in total. The molecule has 1 rings (SSSR count). The summed E-state index contributed by atoms with van der Waals surface area (Å²) in [5.74, 6) is -0.305. The standard InChI is InChI=1S/C12H19FN2O/c1-15(7-4-8-16-2)9-10-5-3-6-11(14)12(10)13/h3,5-6H,4,7-9,14H2,1-2H3. The van der Waals surface area contributed by atoms with Crippen LogP contribution in [0.1, 0.15) is 12.0 Å². The summed E-state index contributed by atoms with van der Waals surface area (Å²) in [4.78, 5) is 2.05. The number of benzene rings is 1. The second-order valence-corrected chi connectivity index (χ2v) is 3.90. The van der Waals surface area contributed by atoms with Crippen LogP contribution >= 0.6 is 0 Å². The second-order valence-electron chi connectivity index (χ2n) is 3.90. The third-order valence-corrected chi connectivity index (χ3v) is 2.44. The highest BCUT2D eigenvalue weighted by molar-refractivity contribution is 5.42. The van der Waals surface area contributed by atoms with Gasteiger partial charge in [-0.15, -0.1) is 0 Å². The number of anilines is 1. The zero-order chi connectivity index (χ0) is 12.0. The summed E-state index contributed by atoms with van der Waals surface area (Å²) in [7, 11) is 3.63. The average molecular weight is 226 g/mol. The van der Waals surface area contributed by atoms with Crippen molar-refractivity contribution in [1.82, 2.24) is 4.90 Å². The van der Waals surface area contributed by atoms with Crippen molar-refractivity contribution in [1.29, 1.82) is 0 Å². The molecular formula is C12H19FN2O. The van der Waals surface area contributed by atoms with Crippen LogP contribution in [0.3, 0.4) is 0 Å². The molecule has 0 fully saturated rings. The van der Waals surface area contributed by atoms with Gasteiger partial charge in [0.15, 0.2) is 5.82 Å². The fourth-order valence-corrected chi connectivity index (χ4v) is 1.57. The van der Waals surface area contributed by atoms with Crippen LogP contribution in [0.15, 0.2) is 18.2 Å². The van der Waals surface area contributed by atoms with Crippen LogP contribution in [0.5, 0.6) is 0 Å². The summed E-state index contributed by atoms with van der Waals surface area (Å²) < 4.78 is 18.5. The van der Waals surface area contributed by atoms with E-state index < -0.39 is 0 Å². The van der Waals surface area contributed by atoms with E-state index in [9.17, 15) is 4.39 Å². The maximum Gasteiger partial charge on any atom is 0.150 e. The van der Waals surface area contributed by atoms with E-state index >= 15 is 0 Å². The van der Waals surface area contributed by atoms with Crippen LogP contribution in [0, 0.1) is 5.82 Å². The molecule has 1 aromatic rings. The van der Waals surface area contributed by atoms with Gasteiger partial charge in [-0.05, 0) is 19.5 Å². The van der Waals surface area contributed by atoms with Crippen LogP contribution < -0.4 is 5.73 Å². The van der Waals surface area contributed by atoms with Gasteiger partial charge in [-0.3, -0.25) is 0 Å². The van der Waals surface area contributed by atoms with E-state index in [0.29, 0.717) is 12.1 Å². The first-order valence-electron chi connectivity index (χ1n) is 5.35. The molecule has 0 amide bonds. The fourth-order valence-electron chi connectivity index (χ4n) is 1.57. The van der Waals surface area contributed by atoms with Crippen molar-refractivity contribution in [2.75, 3.05) is 33.0 Å². The molecule has 0 aliphatic rings. The van der Waals surface area contributed by atoms with Crippen molar-refractivity contribution in [3.05, 3.63) is 29.6 Å². The Labute approximate surface area is 96.0 Å². The van der Waals surface area contributed by atoms with E-state index in [1.807, 2.05) is 7.05 Å². The van der Waals surface area contributed by atoms with Crippen LogP contribution in [0.2, 0.25) is 0 Å². The molecule has 4 heteroatoms. The zero-order valence-corrected chi connectivity index (χ0v) is 9.87. The number of rotatable bonds is 6. The maximum absolute atomic E-state index is 13.6. The lowest BCUT2D eigenvalue weighted by molar-refractivity contribution is 0.178. The quantitative estimate of drug-likeness (QED) is 0.594. The molecule has 0 atom stereocenters. The molecule has 0 aliphatic carbocycles. The van der Waals surface area contributed by atoms with Crippen molar-refractivity contribution in [2.24, 2.45) is 0 Å². The number of hydrogen-bond acceptors (Lipinski definition) is 3. The van der Waals surface area contributed by atoms with Crippen molar-refractivity contribution in [3.63, 3.8) is 0 Å². The normalized spacial score (nSPS) is 11.0. The highest BCUT2D eigenvalue weighted by atomic mass is 19.1. The van der Waals surface area contributed by atoms with Crippen LogP contribution in [0.4, 0.5) is 10.1 Å². The van der Waals surface area contributed by atoms with E-state index in [0.717, 1.165) is 19.6 Å². The van der Waals surface area contributed by atoms with Crippen molar-refractivity contribution in [3.8, 4) is 0 Å². The molecule has 0 spiro atoms. The van der Waals surface area contributed by atoms with E-state index in [-0.39, 0.29) is 11.5 Å². The molecule has 0 saturated carbocycles. The predicted octanol–water partition coefficient (Wildman–Crippen LogP) is 1.88. The molecule has 1 aromatic carbocycles. The highest BCUT2D eigenvalue weighted by Gasteiger charge is 2.07. The van der Waals surface area contributed by atoms with Gasteiger partial charge < -0.3 is 15.4 Å². The van der Waals surface area contributed by atoms with Gasteiger partial charge in [0.1, 0.15) is 0 Å². The number of ether oxygens (including phenoxy) is 1. The predicted molar refractivity (Wildman–Crippen MR) is 63.6 cm³/mol. The molecule has 0 radical (unpaired) electrons. The molecule has 0 aromatic heterocycles. The number of nitrogen functional groups attached to an aromatic ring is 1. The largest absolute Gasteiger partial charge is 0.396 e. The average Bonchev–Trinajstić information content (AvgIpc) is 2.25. The molecule has 0 aliphatic heterocycles. The first-order chi connectivity index (χ1) is 7.65. The molecule has 0 bridgehead atoms. The lowest BCUT2D eigenvalue weighted by Gasteiger charge is -2.17. The summed E-state index contributed by atoms with van der Waals surface area (Å²) in [5, 5.41) is 0. The van der Waals surface area contributed by atoms with Gasteiger partial charge in [0.05, 0.1) is 5.69 Å². The fraction of sp³-hybridized carbons (Fsp3) is 0.500.